The first kappa shape index (κ1) is 16.8. The van der Waals surface area contributed by atoms with Crippen LogP contribution in [0.3, 0.4) is 0 Å². The number of nitrogens with zero attached hydrogens (tertiary/aromatic N) is 3. The Morgan fingerprint density at radius 2 is 2.16 bits per heavy atom. The van der Waals surface area contributed by atoms with Crippen molar-refractivity contribution in [1.29, 1.82) is 0 Å². The van der Waals surface area contributed by atoms with Crippen molar-refractivity contribution in [3.63, 3.8) is 0 Å². The SMILES string of the molecule is CC1CCc2c(sc3ncnc(N/N=C/c4ccc(Cl)c(Cl)c4)c23)C1. The fraction of sp³-hybridized carbons (Fsp3) is 0.278. The molecule has 3 aromatic rings. The lowest BCUT2D eigenvalue weighted by atomic mass is 9.89. The Morgan fingerprint density at radius 3 is 3.00 bits per heavy atom. The van der Waals surface area contributed by atoms with E-state index in [1.165, 1.54) is 16.9 Å². The summed E-state index contributed by atoms with van der Waals surface area (Å²) in [6.45, 7) is 2.31. The molecule has 1 aliphatic rings. The van der Waals surface area contributed by atoms with Crippen LogP contribution in [-0.4, -0.2) is 16.2 Å². The predicted molar refractivity (Wildman–Crippen MR) is 106 cm³/mol. The van der Waals surface area contributed by atoms with Gasteiger partial charge in [-0.25, -0.2) is 9.97 Å². The number of rotatable bonds is 3. The van der Waals surface area contributed by atoms with Gasteiger partial charge >= 0.3 is 0 Å². The molecular formula is C18H16Cl2N4S. The van der Waals surface area contributed by atoms with E-state index in [9.17, 15) is 0 Å². The van der Waals surface area contributed by atoms with E-state index >= 15 is 0 Å². The molecule has 0 saturated heterocycles. The summed E-state index contributed by atoms with van der Waals surface area (Å²) in [7, 11) is 0. The molecule has 1 unspecified atom stereocenters. The molecule has 128 valence electrons. The fourth-order valence-corrected chi connectivity index (χ4v) is 4.78. The Hall–Kier alpha value is -1.69. The van der Waals surface area contributed by atoms with Gasteiger partial charge in [0.25, 0.3) is 0 Å². The number of benzene rings is 1. The number of aryl methyl sites for hydroxylation is 1. The second-order valence-corrected chi connectivity index (χ2v) is 8.20. The molecule has 2 aromatic heterocycles. The van der Waals surface area contributed by atoms with Crippen LogP contribution in [0, 0.1) is 5.92 Å². The second kappa shape index (κ2) is 6.90. The van der Waals surface area contributed by atoms with Gasteiger partial charge in [0.2, 0.25) is 0 Å². The van der Waals surface area contributed by atoms with Crippen LogP contribution in [-0.2, 0) is 12.8 Å². The number of nitrogens with one attached hydrogen (secondary N) is 1. The third kappa shape index (κ3) is 3.36. The van der Waals surface area contributed by atoms with E-state index in [-0.39, 0.29) is 0 Å². The van der Waals surface area contributed by atoms with Gasteiger partial charge in [-0.2, -0.15) is 5.10 Å². The van der Waals surface area contributed by atoms with Crippen molar-refractivity contribution in [3.8, 4) is 0 Å². The quantitative estimate of drug-likeness (QED) is 0.469. The maximum Gasteiger partial charge on any atom is 0.158 e. The summed E-state index contributed by atoms with van der Waals surface area (Å²) in [5.74, 6) is 1.49. The molecule has 0 amide bonds. The monoisotopic (exact) mass is 390 g/mol. The zero-order valence-electron chi connectivity index (χ0n) is 13.6. The largest absolute Gasteiger partial charge is 0.261 e. The van der Waals surface area contributed by atoms with E-state index < -0.39 is 0 Å². The zero-order chi connectivity index (χ0) is 17.4. The molecule has 2 heterocycles. The molecule has 1 aromatic carbocycles. The zero-order valence-corrected chi connectivity index (χ0v) is 15.9. The maximum atomic E-state index is 6.03. The summed E-state index contributed by atoms with van der Waals surface area (Å²) >= 11 is 13.7. The Morgan fingerprint density at radius 1 is 1.28 bits per heavy atom. The molecule has 0 radical (unpaired) electrons. The molecule has 0 bridgehead atoms. The topological polar surface area (TPSA) is 50.2 Å². The van der Waals surface area contributed by atoms with E-state index in [1.807, 2.05) is 6.07 Å². The molecule has 4 nitrogen and oxygen atoms in total. The smallest absolute Gasteiger partial charge is 0.158 e. The molecule has 0 saturated carbocycles. The highest BCUT2D eigenvalue weighted by molar-refractivity contribution is 7.19. The van der Waals surface area contributed by atoms with Gasteiger partial charge in [-0.1, -0.05) is 36.2 Å². The van der Waals surface area contributed by atoms with Crippen LogP contribution in [0.4, 0.5) is 5.82 Å². The number of hydrazone groups is 1. The van der Waals surface area contributed by atoms with E-state index in [1.54, 1.807) is 36.0 Å². The van der Waals surface area contributed by atoms with E-state index in [0.29, 0.717) is 10.0 Å². The van der Waals surface area contributed by atoms with Gasteiger partial charge in [-0.3, -0.25) is 5.43 Å². The first-order valence-electron chi connectivity index (χ1n) is 8.11. The summed E-state index contributed by atoms with van der Waals surface area (Å²) in [5.41, 5.74) is 5.32. The van der Waals surface area contributed by atoms with Gasteiger partial charge in [0.15, 0.2) is 5.82 Å². The number of hydrogen-bond donors (Lipinski definition) is 1. The Balaban J connectivity index is 1.63. The highest BCUT2D eigenvalue weighted by Crippen LogP contribution is 2.39. The Labute approximate surface area is 159 Å². The second-order valence-electron chi connectivity index (χ2n) is 6.30. The number of anilines is 1. The van der Waals surface area contributed by atoms with Gasteiger partial charge in [-0.15, -0.1) is 11.3 Å². The van der Waals surface area contributed by atoms with Crippen molar-refractivity contribution in [2.24, 2.45) is 11.0 Å². The van der Waals surface area contributed by atoms with Crippen LogP contribution in [0.5, 0.6) is 0 Å². The summed E-state index contributed by atoms with van der Waals surface area (Å²) in [4.78, 5) is 11.3. The van der Waals surface area contributed by atoms with Crippen LogP contribution in [0.25, 0.3) is 10.2 Å². The van der Waals surface area contributed by atoms with Crippen molar-refractivity contribution in [2.75, 3.05) is 5.43 Å². The van der Waals surface area contributed by atoms with Crippen LogP contribution < -0.4 is 5.43 Å². The van der Waals surface area contributed by atoms with Crippen LogP contribution in [0.2, 0.25) is 10.0 Å². The molecule has 1 N–H and O–H groups in total. The third-order valence-corrected chi connectivity index (χ3v) is 6.32. The molecule has 1 atom stereocenters. The van der Waals surface area contributed by atoms with Crippen LogP contribution in [0.15, 0.2) is 29.6 Å². The van der Waals surface area contributed by atoms with Gasteiger partial charge in [-0.05, 0) is 48.4 Å². The normalized spacial score (nSPS) is 17.2. The lowest BCUT2D eigenvalue weighted by molar-refractivity contribution is 0.509. The summed E-state index contributed by atoms with van der Waals surface area (Å²) in [6.07, 6.45) is 6.71. The van der Waals surface area contributed by atoms with Crippen molar-refractivity contribution >= 4 is 56.8 Å². The van der Waals surface area contributed by atoms with Crippen molar-refractivity contribution in [3.05, 3.63) is 50.6 Å². The average molecular weight is 391 g/mol. The van der Waals surface area contributed by atoms with Crippen molar-refractivity contribution < 1.29 is 0 Å². The minimum atomic E-state index is 0.510. The van der Waals surface area contributed by atoms with Crippen molar-refractivity contribution in [1.82, 2.24) is 9.97 Å². The molecule has 0 spiro atoms. The lowest BCUT2D eigenvalue weighted by Gasteiger charge is -2.18. The number of halogens is 2. The molecule has 0 fully saturated rings. The molecule has 1 aliphatic carbocycles. The highest BCUT2D eigenvalue weighted by atomic mass is 35.5. The van der Waals surface area contributed by atoms with Crippen LogP contribution in [0.1, 0.15) is 29.3 Å². The maximum absolute atomic E-state index is 6.03. The number of aromatic nitrogens is 2. The number of thiophene rings is 1. The molecule has 0 aliphatic heterocycles. The summed E-state index contributed by atoms with van der Waals surface area (Å²) in [6, 6.07) is 5.39. The molecule has 25 heavy (non-hydrogen) atoms. The van der Waals surface area contributed by atoms with Gasteiger partial charge < -0.3 is 0 Å². The highest BCUT2D eigenvalue weighted by Gasteiger charge is 2.22. The van der Waals surface area contributed by atoms with Crippen LogP contribution >= 0.6 is 34.5 Å². The van der Waals surface area contributed by atoms with Gasteiger partial charge in [0.05, 0.1) is 21.6 Å². The fourth-order valence-electron chi connectivity index (χ4n) is 3.12. The average Bonchev–Trinajstić information content (AvgIpc) is 2.96. The minimum Gasteiger partial charge on any atom is -0.261 e. The molecule has 7 heteroatoms. The summed E-state index contributed by atoms with van der Waals surface area (Å²) in [5, 5.41) is 6.47. The predicted octanol–water partition coefficient (Wildman–Crippen LogP) is 5.57. The lowest BCUT2D eigenvalue weighted by Crippen LogP contribution is -2.09. The van der Waals surface area contributed by atoms with E-state index in [2.05, 4.69) is 27.4 Å². The Kier molecular flexibility index (Phi) is 4.63. The Bertz CT molecular complexity index is 967. The standard InChI is InChI=1S/C18H16Cl2N4S/c1-10-2-4-12-15(6-10)25-18-16(12)17(21-9-22-18)24-23-8-11-3-5-13(19)14(20)7-11/h3,5,7-10H,2,4,6H2,1H3,(H,21,22,24)/b23-8+. The minimum absolute atomic E-state index is 0.510. The van der Waals surface area contributed by atoms with Gasteiger partial charge in [0.1, 0.15) is 11.2 Å². The van der Waals surface area contributed by atoms with E-state index in [0.717, 1.165) is 40.4 Å². The first-order valence-corrected chi connectivity index (χ1v) is 9.68. The molecular weight excluding hydrogens is 375 g/mol. The first-order chi connectivity index (χ1) is 12.1. The number of hydrogen-bond acceptors (Lipinski definition) is 5. The van der Waals surface area contributed by atoms with E-state index in [4.69, 9.17) is 23.2 Å². The van der Waals surface area contributed by atoms with Gasteiger partial charge in [0, 0.05) is 4.88 Å². The number of fused-ring (bicyclic) bond motifs is 3. The summed E-state index contributed by atoms with van der Waals surface area (Å²) < 4.78 is 0. The molecule has 4 rings (SSSR count). The van der Waals surface area contributed by atoms with Crippen molar-refractivity contribution in [2.45, 2.75) is 26.2 Å². The third-order valence-electron chi connectivity index (χ3n) is 4.42.